The van der Waals surface area contributed by atoms with Crippen LogP contribution in [0.25, 0.3) is 16.7 Å². The molecule has 29 heavy (non-hydrogen) atoms. The maximum Gasteiger partial charge on any atom is 0.129 e. The predicted molar refractivity (Wildman–Crippen MR) is 123 cm³/mol. The number of ether oxygens (including phenoxy) is 1. The molecule has 0 bridgehead atoms. The second-order valence-corrected chi connectivity index (χ2v) is 9.35. The van der Waals surface area contributed by atoms with Crippen molar-refractivity contribution in [3.05, 3.63) is 77.1 Å². The maximum atomic E-state index is 6.58. The summed E-state index contributed by atoms with van der Waals surface area (Å²) in [4.78, 5) is 5.94. The van der Waals surface area contributed by atoms with Crippen molar-refractivity contribution in [2.24, 2.45) is 0 Å². The topological polar surface area (TPSA) is 27.1 Å². The Balaban J connectivity index is 1.73. The highest BCUT2D eigenvalue weighted by atomic mass is 35.5. The summed E-state index contributed by atoms with van der Waals surface area (Å²) in [5.74, 6) is 2.45. The van der Waals surface area contributed by atoms with Crippen molar-refractivity contribution in [1.29, 1.82) is 0 Å². The molecular weight excluding hydrogens is 400 g/mol. The molecule has 0 unspecified atom stereocenters. The van der Waals surface area contributed by atoms with Crippen LogP contribution in [0.4, 0.5) is 0 Å². The second-order valence-electron chi connectivity index (χ2n) is 7.29. The van der Waals surface area contributed by atoms with Crippen LogP contribution in [0, 0.1) is 13.8 Å². The van der Waals surface area contributed by atoms with E-state index in [1.54, 1.807) is 0 Å². The Morgan fingerprint density at radius 1 is 0.966 bits per heavy atom. The van der Waals surface area contributed by atoms with Crippen LogP contribution in [0.3, 0.4) is 0 Å². The van der Waals surface area contributed by atoms with E-state index in [0.717, 1.165) is 39.6 Å². The molecule has 0 radical (unpaired) electrons. The van der Waals surface area contributed by atoms with Gasteiger partial charge in [0.15, 0.2) is 0 Å². The van der Waals surface area contributed by atoms with Gasteiger partial charge in [-0.3, -0.25) is 4.57 Å². The second kappa shape index (κ2) is 8.13. The van der Waals surface area contributed by atoms with Gasteiger partial charge in [0.05, 0.1) is 21.7 Å². The average molecular weight is 423 g/mol. The first-order chi connectivity index (χ1) is 13.9. The van der Waals surface area contributed by atoms with Gasteiger partial charge in [0.25, 0.3) is 0 Å². The molecule has 0 saturated carbocycles. The Hall–Kier alpha value is -2.43. The van der Waals surface area contributed by atoms with Crippen molar-refractivity contribution in [3.63, 3.8) is 0 Å². The SMILES string of the molecule is Cc1cccc2c1nc(C)n2-c1cc(Oc2cccc(SC(C)C)c2)ccc1Cl. The molecule has 0 amide bonds. The number of nitrogens with zero attached hydrogens (tertiary/aromatic N) is 2. The molecule has 3 aromatic carbocycles. The lowest BCUT2D eigenvalue weighted by Gasteiger charge is -2.13. The van der Waals surface area contributed by atoms with E-state index in [4.69, 9.17) is 21.3 Å². The Morgan fingerprint density at radius 2 is 1.72 bits per heavy atom. The molecule has 0 saturated heterocycles. The van der Waals surface area contributed by atoms with Gasteiger partial charge in [0.2, 0.25) is 0 Å². The van der Waals surface area contributed by atoms with Gasteiger partial charge in [-0.05, 0) is 55.8 Å². The van der Waals surface area contributed by atoms with Crippen LogP contribution in [-0.2, 0) is 0 Å². The molecule has 5 heteroatoms. The van der Waals surface area contributed by atoms with Gasteiger partial charge in [-0.2, -0.15) is 0 Å². The molecule has 0 aliphatic heterocycles. The van der Waals surface area contributed by atoms with Crippen molar-refractivity contribution < 1.29 is 4.74 Å². The predicted octanol–water partition coefficient (Wildman–Crippen LogP) is 7.59. The Bertz CT molecular complexity index is 1180. The minimum absolute atomic E-state index is 0.522. The number of hydrogen-bond acceptors (Lipinski definition) is 3. The molecule has 0 aliphatic carbocycles. The van der Waals surface area contributed by atoms with E-state index in [1.165, 1.54) is 4.90 Å². The van der Waals surface area contributed by atoms with Crippen LogP contribution in [0.5, 0.6) is 11.5 Å². The number of thioether (sulfide) groups is 1. The monoisotopic (exact) mass is 422 g/mol. The molecule has 0 atom stereocenters. The number of aromatic nitrogens is 2. The van der Waals surface area contributed by atoms with E-state index in [9.17, 15) is 0 Å². The van der Waals surface area contributed by atoms with Crippen LogP contribution in [0.15, 0.2) is 65.6 Å². The zero-order valence-electron chi connectivity index (χ0n) is 16.9. The fourth-order valence-corrected chi connectivity index (χ4v) is 4.49. The molecule has 0 fully saturated rings. The summed E-state index contributed by atoms with van der Waals surface area (Å²) in [5.41, 5.74) is 4.04. The summed E-state index contributed by atoms with van der Waals surface area (Å²) in [6, 6.07) is 20.1. The average Bonchev–Trinajstić information content (AvgIpc) is 3.00. The molecular formula is C24H23ClN2OS. The Kier molecular flexibility index (Phi) is 5.57. The maximum absolute atomic E-state index is 6.58. The molecule has 0 spiro atoms. The van der Waals surface area contributed by atoms with E-state index in [-0.39, 0.29) is 0 Å². The summed E-state index contributed by atoms with van der Waals surface area (Å²) in [6.07, 6.45) is 0. The number of rotatable bonds is 5. The van der Waals surface area contributed by atoms with Gasteiger partial charge >= 0.3 is 0 Å². The van der Waals surface area contributed by atoms with Crippen LogP contribution in [0.1, 0.15) is 25.2 Å². The van der Waals surface area contributed by atoms with Crippen molar-refractivity contribution >= 4 is 34.4 Å². The number of fused-ring (bicyclic) bond motifs is 1. The summed E-state index contributed by atoms with van der Waals surface area (Å²) in [7, 11) is 0. The first kappa shape index (κ1) is 19.9. The molecule has 3 nitrogen and oxygen atoms in total. The zero-order chi connectivity index (χ0) is 20.5. The summed E-state index contributed by atoms with van der Waals surface area (Å²) in [5, 5.41) is 1.18. The van der Waals surface area contributed by atoms with Gasteiger partial charge in [-0.1, -0.05) is 43.6 Å². The third-order valence-corrected chi connectivity index (χ3v) is 5.94. The van der Waals surface area contributed by atoms with Gasteiger partial charge in [-0.25, -0.2) is 4.98 Å². The minimum Gasteiger partial charge on any atom is -0.457 e. The molecule has 4 rings (SSSR count). The van der Waals surface area contributed by atoms with Crippen LogP contribution in [-0.4, -0.2) is 14.8 Å². The largest absolute Gasteiger partial charge is 0.457 e. The lowest BCUT2D eigenvalue weighted by Crippen LogP contribution is -1.98. The van der Waals surface area contributed by atoms with E-state index in [0.29, 0.717) is 10.3 Å². The van der Waals surface area contributed by atoms with Gasteiger partial charge in [0, 0.05) is 16.2 Å². The van der Waals surface area contributed by atoms with E-state index in [2.05, 4.69) is 49.6 Å². The molecule has 1 heterocycles. The van der Waals surface area contributed by atoms with Gasteiger partial charge in [-0.15, -0.1) is 11.8 Å². The zero-order valence-corrected chi connectivity index (χ0v) is 18.5. The quantitative estimate of drug-likeness (QED) is 0.310. The number of para-hydroxylation sites is 1. The van der Waals surface area contributed by atoms with E-state index < -0.39 is 0 Å². The lowest BCUT2D eigenvalue weighted by atomic mass is 10.2. The molecule has 1 aromatic heterocycles. The van der Waals surface area contributed by atoms with Crippen LogP contribution < -0.4 is 4.74 Å². The van der Waals surface area contributed by atoms with Crippen molar-refractivity contribution in [3.8, 4) is 17.2 Å². The first-order valence-electron chi connectivity index (χ1n) is 9.61. The molecule has 148 valence electrons. The summed E-state index contributed by atoms with van der Waals surface area (Å²) in [6.45, 7) is 8.44. The number of imidazole rings is 1. The third kappa shape index (κ3) is 4.14. The van der Waals surface area contributed by atoms with E-state index >= 15 is 0 Å². The van der Waals surface area contributed by atoms with Crippen molar-refractivity contribution in [2.75, 3.05) is 0 Å². The fourth-order valence-electron chi connectivity index (χ4n) is 3.41. The fraction of sp³-hybridized carbons (Fsp3) is 0.208. The number of halogens is 1. The number of aryl methyl sites for hydroxylation is 2. The standard InChI is InChI=1S/C24H23ClN2OS/c1-15(2)29-20-9-6-8-18(13-20)28-19-11-12-21(25)23(14-19)27-17(4)26-24-16(3)7-5-10-22(24)27/h5-15H,1-4H3. The first-order valence-corrected chi connectivity index (χ1v) is 10.9. The highest BCUT2D eigenvalue weighted by Crippen LogP contribution is 2.34. The smallest absolute Gasteiger partial charge is 0.129 e. The minimum atomic E-state index is 0.522. The van der Waals surface area contributed by atoms with E-state index in [1.807, 2.05) is 55.1 Å². The van der Waals surface area contributed by atoms with Gasteiger partial charge < -0.3 is 4.74 Å². The van der Waals surface area contributed by atoms with Crippen LogP contribution >= 0.6 is 23.4 Å². The molecule has 0 aliphatic rings. The highest BCUT2D eigenvalue weighted by molar-refractivity contribution is 7.99. The Labute approximate surface area is 180 Å². The number of benzene rings is 3. The highest BCUT2D eigenvalue weighted by Gasteiger charge is 2.14. The third-order valence-electron chi connectivity index (χ3n) is 4.63. The Morgan fingerprint density at radius 3 is 2.52 bits per heavy atom. The van der Waals surface area contributed by atoms with Crippen LogP contribution in [0.2, 0.25) is 5.02 Å². The van der Waals surface area contributed by atoms with Gasteiger partial charge in [0.1, 0.15) is 17.3 Å². The number of hydrogen-bond donors (Lipinski definition) is 0. The van der Waals surface area contributed by atoms with Crippen molar-refractivity contribution in [2.45, 2.75) is 37.8 Å². The normalized spacial score (nSPS) is 11.4. The summed E-state index contributed by atoms with van der Waals surface area (Å²) >= 11 is 8.40. The molecule has 4 aromatic rings. The lowest BCUT2D eigenvalue weighted by molar-refractivity contribution is 0.481. The molecule has 0 N–H and O–H groups in total. The summed E-state index contributed by atoms with van der Waals surface area (Å²) < 4.78 is 8.25. The van der Waals surface area contributed by atoms with Crippen molar-refractivity contribution in [1.82, 2.24) is 9.55 Å².